The van der Waals surface area contributed by atoms with E-state index in [0.29, 0.717) is 33.1 Å². The molecule has 1 aromatic rings. The molecule has 0 aliphatic heterocycles. The molecule has 0 aromatic heterocycles. The van der Waals surface area contributed by atoms with Crippen molar-refractivity contribution in [1.29, 1.82) is 0 Å². The van der Waals surface area contributed by atoms with Gasteiger partial charge in [0.15, 0.2) is 5.96 Å². The number of guanidine groups is 1. The molecule has 0 heterocycles. The standard InChI is InChI=1S/C13H16Cl3N3O/c1-8(14)6-18-13(17-2)19-7-12(20)9-3-10(15)5-11(16)4-9/h3-5,12,20H,1,6-7H2,2H3,(H2,17,18,19). The van der Waals surface area contributed by atoms with E-state index in [2.05, 4.69) is 22.2 Å². The summed E-state index contributed by atoms with van der Waals surface area (Å²) in [6.07, 6.45) is -0.760. The second kappa shape index (κ2) is 8.37. The van der Waals surface area contributed by atoms with Crippen molar-refractivity contribution in [3.8, 4) is 0 Å². The fourth-order valence-corrected chi connectivity index (χ4v) is 2.09. The molecule has 0 aliphatic carbocycles. The molecule has 0 amide bonds. The number of halogens is 3. The van der Waals surface area contributed by atoms with Gasteiger partial charge in [0.1, 0.15) is 0 Å². The summed E-state index contributed by atoms with van der Waals surface area (Å²) in [6, 6.07) is 4.94. The number of nitrogens with one attached hydrogen (secondary N) is 2. The van der Waals surface area contributed by atoms with Crippen LogP contribution in [0.2, 0.25) is 10.0 Å². The average molecular weight is 337 g/mol. The highest BCUT2D eigenvalue weighted by Gasteiger charge is 2.10. The molecule has 1 rings (SSSR count). The van der Waals surface area contributed by atoms with E-state index in [1.165, 1.54) is 0 Å². The van der Waals surface area contributed by atoms with Gasteiger partial charge in [0.25, 0.3) is 0 Å². The molecule has 4 nitrogen and oxygen atoms in total. The van der Waals surface area contributed by atoms with Gasteiger partial charge in [-0.1, -0.05) is 41.4 Å². The zero-order valence-corrected chi connectivity index (χ0v) is 13.2. The Morgan fingerprint density at radius 2 is 1.90 bits per heavy atom. The lowest BCUT2D eigenvalue weighted by Crippen LogP contribution is -2.39. The van der Waals surface area contributed by atoms with Crippen molar-refractivity contribution in [2.45, 2.75) is 6.10 Å². The predicted octanol–water partition coefficient (Wildman–Crippen LogP) is 2.94. The topological polar surface area (TPSA) is 56.7 Å². The first-order valence-electron chi connectivity index (χ1n) is 5.84. The van der Waals surface area contributed by atoms with Crippen LogP contribution in [0.25, 0.3) is 0 Å². The van der Waals surface area contributed by atoms with Crippen molar-refractivity contribution in [3.63, 3.8) is 0 Å². The van der Waals surface area contributed by atoms with Crippen molar-refractivity contribution in [1.82, 2.24) is 10.6 Å². The SMILES string of the molecule is C=C(Cl)CNC(=NC)NCC(O)c1cc(Cl)cc(Cl)c1. The highest BCUT2D eigenvalue weighted by Crippen LogP contribution is 2.23. The number of hydrogen-bond donors (Lipinski definition) is 3. The molecule has 0 radical (unpaired) electrons. The number of benzene rings is 1. The van der Waals surface area contributed by atoms with Gasteiger partial charge in [-0.3, -0.25) is 4.99 Å². The third kappa shape index (κ3) is 6.01. The van der Waals surface area contributed by atoms with Gasteiger partial charge in [-0.25, -0.2) is 0 Å². The maximum absolute atomic E-state index is 10.1. The van der Waals surface area contributed by atoms with Crippen molar-refractivity contribution in [3.05, 3.63) is 45.4 Å². The van der Waals surface area contributed by atoms with Gasteiger partial charge in [-0.2, -0.15) is 0 Å². The summed E-state index contributed by atoms with van der Waals surface area (Å²) >= 11 is 17.4. The van der Waals surface area contributed by atoms with E-state index < -0.39 is 6.10 Å². The lowest BCUT2D eigenvalue weighted by molar-refractivity contribution is 0.181. The van der Waals surface area contributed by atoms with Gasteiger partial charge in [0.2, 0.25) is 0 Å². The molecule has 0 spiro atoms. The molecule has 0 saturated carbocycles. The Balaban J connectivity index is 2.57. The lowest BCUT2D eigenvalue weighted by atomic mass is 10.1. The van der Waals surface area contributed by atoms with Crippen LogP contribution in [0, 0.1) is 0 Å². The highest BCUT2D eigenvalue weighted by atomic mass is 35.5. The smallest absolute Gasteiger partial charge is 0.191 e. The molecule has 20 heavy (non-hydrogen) atoms. The van der Waals surface area contributed by atoms with Crippen LogP contribution in [0.5, 0.6) is 0 Å². The van der Waals surface area contributed by atoms with E-state index in [-0.39, 0.29) is 6.54 Å². The molecule has 0 bridgehead atoms. The summed E-state index contributed by atoms with van der Waals surface area (Å²) < 4.78 is 0. The Morgan fingerprint density at radius 3 is 2.40 bits per heavy atom. The normalized spacial score (nSPS) is 12.9. The van der Waals surface area contributed by atoms with Gasteiger partial charge in [-0.05, 0) is 23.8 Å². The van der Waals surface area contributed by atoms with Crippen molar-refractivity contribution in [2.24, 2.45) is 4.99 Å². The Bertz CT molecular complexity index is 485. The summed E-state index contributed by atoms with van der Waals surface area (Å²) in [5.74, 6) is 0.513. The van der Waals surface area contributed by atoms with Crippen LogP contribution >= 0.6 is 34.8 Å². The van der Waals surface area contributed by atoms with Crippen LogP contribution in [-0.4, -0.2) is 31.2 Å². The molecule has 3 N–H and O–H groups in total. The molecule has 1 aromatic carbocycles. The molecule has 0 fully saturated rings. The number of aliphatic imine (C=N–C) groups is 1. The molecule has 110 valence electrons. The van der Waals surface area contributed by atoms with E-state index >= 15 is 0 Å². The minimum absolute atomic E-state index is 0.255. The minimum Gasteiger partial charge on any atom is -0.387 e. The van der Waals surface area contributed by atoms with Gasteiger partial charge >= 0.3 is 0 Å². The van der Waals surface area contributed by atoms with E-state index in [9.17, 15) is 5.11 Å². The van der Waals surface area contributed by atoms with Crippen LogP contribution in [-0.2, 0) is 0 Å². The average Bonchev–Trinajstić information content (AvgIpc) is 2.37. The van der Waals surface area contributed by atoms with Crippen LogP contribution in [0.1, 0.15) is 11.7 Å². The number of hydrogen-bond acceptors (Lipinski definition) is 2. The summed E-state index contributed by atoms with van der Waals surface area (Å²) in [7, 11) is 1.62. The quantitative estimate of drug-likeness (QED) is 0.572. The molecule has 1 atom stereocenters. The predicted molar refractivity (Wildman–Crippen MR) is 85.8 cm³/mol. The summed E-state index contributed by atoms with van der Waals surface area (Å²) in [4.78, 5) is 3.99. The summed E-state index contributed by atoms with van der Waals surface area (Å²) in [6.45, 7) is 4.21. The molecule has 7 heteroatoms. The zero-order valence-electron chi connectivity index (χ0n) is 11.0. The highest BCUT2D eigenvalue weighted by molar-refractivity contribution is 6.34. The van der Waals surface area contributed by atoms with Crippen LogP contribution in [0.4, 0.5) is 0 Å². The second-order valence-corrected chi connectivity index (χ2v) is 5.45. The fourth-order valence-electron chi connectivity index (χ4n) is 1.48. The Kier molecular flexibility index (Phi) is 7.16. The maximum atomic E-state index is 10.1. The Labute approximate surface area is 133 Å². The summed E-state index contributed by atoms with van der Waals surface area (Å²) in [5.41, 5.74) is 0.632. The van der Waals surface area contributed by atoms with Crippen molar-refractivity contribution < 1.29 is 5.11 Å². The molecule has 1 unspecified atom stereocenters. The second-order valence-electron chi connectivity index (χ2n) is 4.04. The summed E-state index contributed by atoms with van der Waals surface area (Å²) in [5, 5.41) is 17.4. The van der Waals surface area contributed by atoms with E-state index in [4.69, 9.17) is 34.8 Å². The van der Waals surface area contributed by atoms with Crippen LogP contribution < -0.4 is 10.6 Å². The molecule has 0 aliphatic rings. The van der Waals surface area contributed by atoms with Crippen molar-refractivity contribution >= 4 is 40.8 Å². The third-order valence-corrected chi connectivity index (χ3v) is 2.97. The maximum Gasteiger partial charge on any atom is 0.191 e. The lowest BCUT2D eigenvalue weighted by Gasteiger charge is -2.16. The van der Waals surface area contributed by atoms with E-state index in [0.717, 1.165) is 0 Å². The van der Waals surface area contributed by atoms with E-state index in [1.807, 2.05) is 0 Å². The van der Waals surface area contributed by atoms with Gasteiger partial charge in [0.05, 0.1) is 12.6 Å². The Hall–Kier alpha value is -0.940. The van der Waals surface area contributed by atoms with Crippen molar-refractivity contribution in [2.75, 3.05) is 20.1 Å². The van der Waals surface area contributed by atoms with E-state index in [1.54, 1.807) is 25.2 Å². The number of aliphatic hydroxyl groups is 1. The number of rotatable bonds is 5. The van der Waals surface area contributed by atoms with Gasteiger partial charge in [0, 0.05) is 28.7 Å². The van der Waals surface area contributed by atoms with Crippen LogP contribution in [0.15, 0.2) is 34.8 Å². The fraction of sp³-hybridized carbons (Fsp3) is 0.308. The van der Waals surface area contributed by atoms with Gasteiger partial charge in [-0.15, -0.1) is 0 Å². The number of aliphatic hydroxyl groups excluding tert-OH is 1. The monoisotopic (exact) mass is 335 g/mol. The zero-order chi connectivity index (χ0) is 15.1. The minimum atomic E-state index is -0.760. The third-order valence-electron chi connectivity index (χ3n) is 2.40. The number of nitrogens with zero attached hydrogens (tertiary/aromatic N) is 1. The Morgan fingerprint density at radius 1 is 1.30 bits per heavy atom. The van der Waals surface area contributed by atoms with Gasteiger partial charge < -0.3 is 15.7 Å². The first kappa shape index (κ1) is 17.1. The first-order chi connectivity index (χ1) is 9.42. The largest absolute Gasteiger partial charge is 0.387 e. The molecule has 0 saturated heterocycles. The molecular formula is C13H16Cl3N3O. The molecular weight excluding hydrogens is 321 g/mol. The first-order valence-corrected chi connectivity index (χ1v) is 6.97. The van der Waals surface area contributed by atoms with Crippen LogP contribution in [0.3, 0.4) is 0 Å².